The zero-order valence-corrected chi connectivity index (χ0v) is 11.9. The first-order chi connectivity index (χ1) is 9.01. The third-order valence-corrected chi connectivity index (χ3v) is 5.10. The molecule has 1 N–H and O–H groups in total. The predicted molar refractivity (Wildman–Crippen MR) is 75.1 cm³/mol. The van der Waals surface area contributed by atoms with Gasteiger partial charge in [0.05, 0.1) is 11.3 Å². The van der Waals surface area contributed by atoms with Crippen LogP contribution < -0.4 is 5.56 Å². The van der Waals surface area contributed by atoms with E-state index in [1.165, 1.54) is 11.3 Å². The fourth-order valence-electron chi connectivity index (χ4n) is 2.00. The molecule has 2 heterocycles. The summed E-state index contributed by atoms with van der Waals surface area (Å²) in [7, 11) is 0. The molecule has 100 valence electrons. The van der Waals surface area contributed by atoms with Crippen molar-refractivity contribution in [2.24, 2.45) is 0 Å². The number of carboxylic acid groups (broad SMARTS) is 1. The van der Waals surface area contributed by atoms with Crippen LogP contribution in [0.4, 0.5) is 0 Å². The maximum absolute atomic E-state index is 12.5. The normalized spacial score (nSPS) is 16.7. The Labute approximate surface area is 117 Å². The number of thioether (sulfide) groups is 1. The third-order valence-electron chi connectivity index (χ3n) is 3.29. The molecule has 3 rings (SSSR count). The third kappa shape index (κ3) is 2.17. The van der Waals surface area contributed by atoms with Gasteiger partial charge in [-0.3, -0.25) is 14.2 Å². The maximum Gasteiger partial charge on any atom is 0.313 e. The summed E-state index contributed by atoms with van der Waals surface area (Å²) in [5.41, 5.74) is 0.416. The highest BCUT2D eigenvalue weighted by molar-refractivity contribution is 7.99. The first-order valence-electron chi connectivity index (χ1n) is 5.87. The number of hydrogen-bond acceptors (Lipinski definition) is 5. The standard InChI is InChI=1S/C12H12N2O3S2/c1-12(3-4-12)14-10(17)9-7(2-5-18-9)13-11(14)19-6-8(15)16/h2,5H,3-4,6H2,1H3,(H,15,16). The highest BCUT2D eigenvalue weighted by Crippen LogP contribution is 2.44. The van der Waals surface area contributed by atoms with Crippen LogP contribution in [-0.2, 0) is 10.3 Å². The Morgan fingerprint density at radius 3 is 3.00 bits per heavy atom. The summed E-state index contributed by atoms with van der Waals surface area (Å²) in [5, 5.41) is 11.1. The van der Waals surface area contributed by atoms with Gasteiger partial charge in [-0.2, -0.15) is 0 Å². The molecule has 0 radical (unpaired) electrons. The molecule has 0 spiro atoms. The monoisotopic (exact) mass is 296 g/mol. The number of rotatable bonds is 4. The van der Waals surface area contributed by atoms with Gasteiger partial charge in [0.1, 0.15) is 4.70 Å². The molecule has 2 aromatic heterocycles. The fourth-order valence-corrected chi connectivity index (χ4v) is 3.60. The van der Waals surface area contributed by atoms with Gasteiger partial charge in [-0.1, -0.05) is 11.8 Å². The first kappa shape index (κ1) is 12.7. The second-order valence-electron chi connectivity index (χ2n) is 4.85. The number of nitrogens with zero attached hydrogens (tertiary/aromatic N) is 2. The van der Waals surface area contributed by atoms with Gasteiger partial charge in [-0.25, -0.2) is 4.98 Å². The number of carbonyl (C=O) groups is 1. The Morgan fingerprint density at radius 1 is 1.63 bits per heavy atom. The molecule has 0 atom stereocenters. The van der Waals surface area contributed by atoms with Crippen LogP contribution >= 0.6 is 23.1 Å². The van der Waals surface area contributed by atoms with Crippen LogP contribution in [0.25, 0.3) is 10.2 Å². The van der Waals surface area contributed by atoms with E-state index in [4.69, 9.17) is 5.11 Å². The molecule has 0 amide bonds. The fraction of sp³-hybridized carbons (Fsp3) is 0.417. The molecule has 19 heavy (non-hydrogen) atoms. The highest BCUT2D eigenvalue weighted by Gasteiger charge is 2.42. The smallest absolute Gasteiger partial charge is 0.313 e. The van der Waals surface area contributed by atoms with Crippen molar-refractivity contribution in [1.29, 1.82) is 0 Å². The van der Waals surface area contributed by atoms with Gasteiger partial charge < -0.3 is 5.11 Å². The van der Waals surface area contributed by atoms with Crippen molar-refractivity contribution in [3.63, 3.8) is 0 Å². The van der Waals surface area contributed by atoms with Crippen molar-refractivity contribution in [2.45, 2.75) is 30.5 Å². The van der Waals surface area contributed by atoms with Gasteiger partial charge in [0.25, 0.3) is 5.56 Å². The molecule has 1 fully saturated rings. The molecule has 2 aromatic rings. The zero-order chi connectivity index (χ0) is 13.6. The second-order valence-corrected chi connectivity index (χ2v) is 6.71. The van der Waals surface area contributed by atoms with Crippen molar-refractivity contribution >= 4 is 39.3 Å². The van der Waals surface area contributed by atoms with E-state index in [-0.39, 0.29) is 16.9 Å². The van der Waals surface area contributed by atoms with E-state index in [1.54, 1.807) is 10.6 Å². The number of carboxylic acids is 1. The average Bonchev–Trinajstić information content (AvgIpc) is 2.91. The second kappa shape index (κ2) is 4.35. The molecule has 0 unspecified atom stereocenters. The van der Waals surface area contributed by atoms with Crippen LogP contribution in [0.15, 0.2) is 21.4 Å². The van der Waals surface area contributed by atoms with Gasteiger partial charge in [0, 0.05) is 5.54 Å². The molecule has 0 aromatic carbocycles. The Hall–Kier alpha value is -1.34. The van der Waals surface area contributed by atoms with Crippen molar-refractivity contribution < 1.29 is 9.90 Å². The van der Waals surface area contributed by atoms with Crippen molar-refractivity contribution in [2.75, 3.05) is 5.75 Å². The van der Waals surface area contributed by atoms with E-state index in [0.717, 1.165) is 24.6 Å². The summed E-state index contributed by atoms with van der Waals surface area (Å²) >= 11 is 2.50. The minimum Gasteiger partial charge on any atom is -0.481 e. The number of fused-ring (bicyclic) bond motifs is 1. The SMILES string of the molecule is CC1(n2c(SCC(=O)O)nc3ccsc3c2=O)CC1. The van der Waals surface area contributed by atoms with Crippen LogP contribution in [0.2, 0.25) is 0 Å². The predicted octanol–water partition coefficient (Wildman–Crippen LogP) is 2.14. The number of aliphatic carboxylic acids is 1. The summed E-state index contributed by atoms with van der Waals surface area (Å²) in [4.78, 5) is 27.7. The summed E-state index contributed by atoms with van der Waals surface area (Å²) in [6.45, 7) is 2.01. The Morgan fingerprint density at radius 2 is 2.37 bits per heavy atom. The quantitative estimate of drug-likeness (QED) is 0.691. The van der Waals surface area contributed by atoms with E-state index in [2.05, 4.69) is 4.98 Å². The van der Waals surface area contributed by atoms with E-state index < -0.39 is 5.97 Å². The van der Waals surface area contributed by atoms with Crippen molar-refractivity contribution in [3.05, 3.63) is 21.8 Å². The van der Waals surface area contributed by atoms with Gasteiger partial charge in [0.15, 0.2) is 5.16 Å². The molecular weight excluding hydrogens is 284 g/mol. The van der Waals surface area contributed by atoms with Gasteiger partial charge in [-0.05, 0) is 31.2 Å². The Kier molecular flexibility index (Phi) is 2.90. The molecule has 0 aliphatic heterocycles. The Bertz CT molecular complexity index is 715. The topological polar surface area (TPSA) is 72.2 Å². The van der Waals surface area contributed by atoms with E-state index in [1.807, 2.05) is 12.3 Å². The molecule has 7 heteroatoms. The number of hydrogen-bond donors (Lipinski definition) is 1. The molecular formula is C12H12N2O3S2. The number of thiophene rings is 1. The Balaban J connectivity index is 2.17. The highest BCUT2D eigenvalue weighted by atomic mass is 32.2. The molecule has 0 saturated heterocycles. The lowest BCUT2D eigenvalue weighted by atomic mass is 10.3. The minimum atomic E-state index is -0.905. The van der Waals surface area contributed by atoms with Gasteiger partial charge >= 0.3 is 5.97 Å². The van der Waals surface area contributed by atoms with Gasteiger partial charge in [0.2, 0.25) is 0 Å². The minimum absolute atomic E-state index is 0.0483. The van der Waals surface area contributed by atoms with E-state index in [9.17, 15) is 9.59 Å². The first-order valence-corrected chi connectivity index (χ1v) is 7.73. The summed E-state index contributed by atoms with van der Waals surface area (Å²) in [6.07, 6.45) is 1.87. The van der Waals surface area contributed by atoms with Crippen LogP contribution in [0.3, 0.4) is 0 Å². The molecule has 1 aliphatic carbocycles. The van der Waals surface area contributed by atoms with Crippen LogP contribution in [0, 0.1) is 0 Å². The average molecular weight is 296 g/mol. The molecule has 5 nitrogen and oxygen atoms in total. The van der Waals surface area contributed by atoms with Gasteiger partial charge in [-0.15, -0.1) is 11.3 Å². The van der Waals surface area contributed by atoms with Crippen molar-refractivity contribution in [1.82, 2.24) is 9.55 Å². The maximum atomic E-state index is 12.5. The number of aromatic nitrogens is 2. The zero-order valence-electron chi connectivity index (χ0n) is 10.3. The van der Waals surface area contributed by atoms with E-state index in [0.29, 0.717) is 15.4 Å². The van der Waals surface area contributed by atoms with Crippen LogP contribution in [-0.4, -0.2) is 26.4 Å². The lowest BCUT2D eigenvalue weighted by molar-refractivity contribution is -0.133. The molecule has 0 bridgehead atoms. The van der Waals surface area contributed by atoms with Crippen LogP contribution in [0.1, 0.15) is 19.8 Å². The largest absolute Gasteiger partial charge is 0.481 e. The van der Waals surface area contributed by atoms with Crippen LogP contribution in [0.5, 0.6) is 0 Å². The van der Waals surface area contributed by atoms with E-state index >= 15 is 0 Å². The lowest BCUT2D eigenvalue weighted by Crippen LogP contribution is -2.30. The van der Waals surface area contributed by atoms with Crippen molar-refractivity contribution in [3.8, 4) is 0 Å². The summed E-state index contributed by atoms with van der Waals surface area (Å²) in [6, 6.07) is 1.80. The summed E-state index contributed by atoms with van der Waals surface area (Å²) < 4.78 is 2.33. The molecule has 1 aliphatic rings. The lowest BCUT2D eigenvalue weighted by Gasteiger charge is -2.17. The summed E-state index contributed by atoms with van der Waals surface area (Å²) in [5.74, 6) is -0.991. The molecule has 1 saturated carbocycles.